The minimum absolute atomic E-state index is 0.0899. The van der Waals surface area contributed by atoms with Gasteiger partial charge in [-0.05, 0) is 43.0 Å². The highest BCUT2D eigenvalue weighted by atomic mass is 16.3. The molecule has 2 amide bonds. The predicted molar refractivity (Wildman–Crippen MR) is 96.6 cm³/mol. The number of aromatic nitrogens is 2. The molecule has 0 unspecified atom stereocenters. The Kier molecular flexibility index (Phi) is 6.06. The van der Waals surface area contributed by atoms with Gasteiger partial charge in [0, 0.05) is 37.5 Å². The molecule has 134 valence electrons. The molecule has 0 spiro atoms. The third-order valence-corrected chi connectivity index (χ3v) is 4.86. The lowest BCUT2D eigenvalue weighted by Crippen LogP contribution is -2.48. The van der Waals surface area contributed by atoms with E-state index < -0.39 is 0 Å². The van der Waals surface area contributed by atoms with Crippen molar-refractivity contribution in [1.29, 1.82) is 0 Å². The van der Waals surface area contributed by atoms with Crippen LogP contribution in [0.5, 0.6) is 0 Å². The molecule has 0 bridgehead atoms. The molecule has 1 aromatic carbocycles. The molecule has 1 heterocycles. The molecule has 2 atom stereocenters. The second-order valence-electron chi connectivity index (χ2n) is 6.60. The molecule has 6 nitrogen and oxygen atoms in total. The monoisotopic (exact) mass is 342 g/mol. The zero-order chi connectivity index (χ0) is 17.5. The van der Waals surface area contributed by atoms with Gasteiger partial charge in [0.25, 0.3) is 0 Å². The molecule has 3 N–H and O–H groups in total. The number of nitrogens with one attached hydrogen (secondary N) is 2. The fourth-order valence-electron chi connectivity index (χ4n) is 3.39. The number of carbonyl (C=O) groups excluding carboxylic acids is 1. The molecule has 1 aromatic heterocycles. The molecular weight excluding hydrogens is 316 g/mol. The number of amides is 2. The van der Waals surface area contributed by atoms with Gasteiger partial charge in [-0.15, -0.1) is 0 Å². The first-order chi connectivity index (χ1) is 12.3. The van der Waals surface area contributed by atoms with E-state index in [0.29, 0.717) is 6.54 Å². The van der Waals surface area contributed by atoms with Crippen LogP contribution in [-0.4, -0.2) is 40.1 Å². The summed E-state index contributed by atoms with van der Waals surface area (Å²) < 4.78 is 1.82. The molecule has 0 radical (unpaired) electrons. The number of aliphatic hydroxyl groups excluding tert-OH is 1. The Morgan fingerprint density at radius 3 is 2.76 bits per heavy atom. The minimum atomic E-state index is -0.140. The summed E-state index contributed by atoms with van der Waals surface area (Å²) in [6.07, 6.45) is 8.64. The molecule has 6 heteroatoms. The van der Waals surface area contributed by atoms with Crippen LogP contribution in [0.25, 0.3) is 5.69 Å². The van der Waals surface area contributed by atoms with Crippen molar-refractivity contribution in [1.82, 2.24) is 20.4 Å². The lowest BCUT2D eigenvalue weighted by molar-refractivity contribution is 0.154. The summed E-state index contributed by atoms with van der Waals surface area (Å²) in [5, 5.41) is 19.5. The fourth-order valence-corrected chi connectivity index (χ4v) is 3.39. The summed E-state index contributed by atoms with van der Waals surface area (Å²) >= 11 is 0. The maximum atomic E-state index is 12.1. The first-order valence-corrected chi connectivity index (χ1v) is 9.00. The lowest BCUT2D eigenvalue weighted by Gasteiger charge is -2.30. The average molecular weight is 342 g/mol. The third-order valence-electron chi connectivity index (χ3n) is 4.86. The highest BCUT2D eigenvalue weighted by molar-refractivity contribution is 5.74. The molecule has 1 aliphatic carbocycles. The number of carbonyl (C=O) groups is 1. The number of urea groups is 1. The van der Waals surface area contributed by atoms with Gasteiger partial charge in [-0.25, -0.2) is 9.48 Å². The van der Waals surface area contributed by atoms with Gasteiger partial charge in [0.15, 0.2) is 0 Å². The van der Waals surface area contributed by atoms with Gasteiger partial charge in [0.2, 0.25) is 0 Å². The average Bonchev–Trinajstić information content (AvgIpc) is 3.17. The van der Waals surface area contributed by atoms with Crippen LogP contribution in [0, 0.1) is 5.92 Å². The molecule has 0 saturated heterocycles. The van der Waals surface area contributed by atoms with Crippen LogP contribution in [0.15, 0.2) is 42.7 Å². The van der Waals surface area contributed by atoms with Crippen molar-refractivity contribution in [2.45, 2.75) is 38.1 Å². The highest BCUT2D eigenvalue weighted by Gasteiger charge is 2.25. The molecule has 0 aliphatic heterocycles. The Labute approximate surface area is 148 Å². The molecule has 3 rings (SSSR count). The normalized spacial score (nSPS) is 20.2. The minimum Gasteiger partial charge on any atom is -0.396 e. The van der Waals surface area contributed by atoms with Crippen molar-refractivity contribution in [3.63, 3.8) is 0 Å². The van der Waals surface area contributed by atoms with Gasteiger partial charge < -0.3 is 15.7 Å². The van der Waals surface area contributed by atoms with Crippen LogP contribution >= 0.6 is 0 Å². The molecule has 1 fully saturated rings. The summed E-state index contributed by atoms with van der Waals surface area (Å²) in [5.74, 6) is 0.189. The Morgan fingerprint density at radius 1 is 1.24 bits per heavy atom. The van der Waals surface area contributed by atoms with Crippen molar-refractivity contribution in [3.05, 3.63) is 48.3 Å². The van der Waals surface area contributed by atoms with E-state index in [2.05, 4.69) is 27.9 Å². The van der Waals surface area contributed by atoms with Gasteiger partial charge in [-0.2, -0.15) is 5.10 Å². The smallest absolute Gasteiger partial charge is 0.315 e. The number of rotatable bonds is 6. The Hall–Kier alpha value is -2.34. The Bertz CT molecular complexity index is 655. The maximum Gasteiger partial charge on any atom is 0.315 e. The van der Waals surface area contributed by atoms with Gasteiger partial charge in [0.05, 0.1) is 5.69 Å². The van der Waals surface area contributed by atoms with Crippen molar-refractivity contribution < 1.29 is 9.90 Å². The van der Waals surface area contributed by atoms with E-state index in [0.717, 1.165) is 37.8 Å². The Morgan fingerprint density at radius 2 is 2.04 bits per heavy atom. The predicted octanol–water partition coefficient (Wildman–Crippen LogP) is 2.27. The van der Waals surface area contributed by atoms with Crippen LogP contribution in [0.1, 0.15) is 31.2 Å². The van der Waals surface area contributed by atoms with E-state index in [4.69, 9.17) is 0 Å². The topological polar surface area (TPSA) is 79.2 Å². The van der Waals surface area contributed by atoms with Crippen molar-refractivity contribution in [2.24, 2.45) is 5.92 Å². The fraction of sp³-hybridized carbons (Fsp3) is 0.474. The van der Waals surface area contributed by atoms with Crippen molar-refractivity contribution >= 4 is 6.03 Å². The second-order valence-corrected chi connectivity index (χ2v) is 6.60. The van der Waals surface area contributed by atoms with Gasteiger partial charge >= 0.3 is 6.03 Å². The van der Waals surface area contributed by atoms with E-state index in [-0.39, 0.29) is 24.6 Å². The molecular formula is C19H26N4O2. The van der Waals surface area contributed by atoms with E-state index in [1.807, 2.05) is 29.1 Å². The SMILES string of the molecule is O=C(NCCc1ccc(-n2cccn2)cc1)N[C@@H]1CCCC[C@H]1CO. The molecule has 25 heavy (non-hydrogen) atoms. The zero-order valence-corrected chi connectivity index (χ0v) is 14.4. The van der Waals surface area contributed by atoms with Crippen molar-refractivity contribution in [3.8, 4) is 5.69 Å². The number of nitrogens with zero attached hydrogens (tertiary/aromatic N) is 2. The summed E-state index contributed by atoms with van der Waals surface area (Å²) in [7, 11) is 0. The molecule has 1 aliphatic rings. The van der Waals surface area contributed by atoms with E-state index in [1.54, 1.807) is 6.20 Å². The van der Waals surface area contributed by atoms with Gasteiger partial charge in [0.1, 0.15) is 0 Å². The largest absolute Gasteiger partial charge is 0.396 e. The van der Waals surface area contributed by atoms with Crippen LogP contribution < -0.4 is 10.6 Å². The first kappa shape index (κ1) is 17.5. The quantitative estimate of drug-likeness (QED) is 0.753. The van der Waals surface area contributed by atoms with E-state index in [9.17, 15) is 9.90 Å². The lowest BCUT2D eigenvalue weighted by atomic mass is 9.85. The van der Waals surface area contributed by atoms with Crippen LogP contribution in [0.3, 0.4) is 0 Å². The number of hydrogen-bond acceptors (Lipinski definition) is 3. The number of hydrogen-bond donors (Lipinski definition) is 3. The maximum absolute atomic E-state index is 12.1. The van der Waals surface area contributed by atoms with Crippen LogP contribution in [0.4, 0.5) is 4.79 Å². The second kappa shape index (κ2) is 8.67. The van der Waals surface area contributed by atoms with Crippen LogP contribution in [0.2, 0.25) is 0 Å². The van der Waals surface area contributed by atoms with Gasteiger partial charge in [-0.3, -0.25) is 0 Å². The van der Waals surface area contributed by atoms with E-state index in [1.165, 1.54) is 5.56 Å². The van der Waals surface area contributed by atoms with E-state index >= 15 is 0 Å². The third kappa shape index (κ3) is 4.82. The summed E-state index contributed by atoms with van der Waals surface area (Å²) in [5.41, 5.74) is 2.19. The summed E-state index contributed by atoms with van der Waals surface area (Å²) in [6, 6.07) is 10.0. The summed E-state index contributed by atoms with van der Waals surface area (Å²) in [4.78, 5) is 12.1. The number of aliphatic hydroxyl groups is 1. The van der Waals surface area contributed by atoms with Crippen LogP contribution in [-0.2, 0) is 6.42 Å². The van der Waals surface area contributed by atoms with Gasteiger partial charge in [-0.1, -0.05) is 25.0 Å². The molecule has 1 saturated carbocycles. The first-order valence-electron chi connectivity index (χ1n) is 9.00. The Balaban J connectivity index is 1.42. The van der Waals surface area contributed by atoms with Crippen molar-refractivity contribution in [2.75, 3.05) is 13.2 Å². The molecule has 2 aromatic rings. The zero-order valence-electron chi connectivity index (χ0n) is 14.4. The standard InChI is InChI=1S/C19H26N4O2/c24-14-16-4-1-2-5-18(16)22-19(25)20-12-10-15-6-8-17(9-7-15)23-13-3-11-21-23/h3,6-9,11,13,16,18,24H,1-2,4-5,10,12,14H2,(H2,20,22,25)/t16-,18+/m0/s1. The summed E-state index contributed by atoms with van der Waals surface area (Å²) in [6.45, 7) is 0.733. The highest BCUT2D eigenvalue weighted by Crippen LogP contribution is 2.23. The number of benzene rings is 1.